The first-order valence-electron chi connectivity index (χ1n) is 12.6. The summed E-state index contributed by atoms with van der Waals surface area (Å²) in [7, 11) is -3.12. The van der Waals surface area contributed by atoms with Crippen LogP contribution >= 0.6 is 23.2 Å². The van der Waals surface area contributed by atoms with Gasteiger partial charge < -0.3 is 9.64 Å². The van der Waals surface area contributed by atoms with Crippen LogP contribution in [0.4, 0.5) is 5.82 Å². The molecule has 204 valence electrons. The van der Waals surface area contributed by atoms with E-state index in [1.165, 1.54) is 10.6 Å². The lowest BCUT2D eigenvalue weighted by Gasteiger charge is -2.59. The summed E-state index contributed by atoms with van der Waals surface area (Å²) >= 11 is 12.9. The van der Waals surface area contributed by atoms with Crippen LogP contribution in [0.15, 0.2) is 36.7 Å². The molecule has 3 aromatic heterocycles. The SMILES string of the molecule is Cc1cc(-c2n[nH]c3ccc(O[C@H](C)c4c(Cl)cnc(C)c4Cl)cc23)cnc1N1CC2(C1)CN(S(C)(=O)=O)C2. The lowest BCUT2D eigenvalue weighted by atomic mass is 9.74. The van der Waals surface area contributed by atoms with Gasteiger partial charge in [0.2, 0.25) is 10.0 Å². The summed E-state index contributed by atoms with van der Waals surface area (Å²) < 4.78 is 31.3. The van der Waals surface area contributed by atoms with Crippen LogP contribution < -0.4 is 9.64 Å². The van der Waals surface area contributed by atoms with Crippen LogP contribution in [-0.2, 0) is 10.0 Å². The highest BCUT2D eigenvalue weighted by atomic mass is 35.5. The number of H-pyrrole nitrogens is 1. The van der Waals surface area contributed by atoms with E-state index in [1.807, 2.05) is 45.2 Å². The van der Waals surface area contributed by atoms with E-state index < -0.39 is 10.0 Å². The number of ether oxygens (including phenoxy) is 1. The quantitative estimate of drug-likeness (QED) is 0.332. The molecule has 0 saturated carbocycles. The Morgan fingerprint density at radius 3 is 2.51 bits per heavy atom. The summed E-state index contributed by atoms with van der Waals surface area (Å²) in [5.74, 6) is 1.58. The van der Waals surface area contributed by atoms with E-state index in [1.54, 1.807) is 6.20 Å². The lowest BCUT2D eigenvalue weighted by Crippen LogP contribution is -2.73. The van der Waals surface area contributed by atoms with Gasteiger partial charge in [-0.1, -0.05) is 23.2 Å². The third-order valence-electron chi connectivity index (χ3n) is 7.61. The van der Waals surface area contributed by atoms with Crippen LogP contribution in [0.3, 0.4) is 0 Å². The third kappa shape index (κ3) is 4.63. The van der Waals surface area contributed by atoms with Gasteiger partial charge in [-0.3, -0.25) is 10.1 Å². The molecule has 0 amide bonds. The molecule has 0 unspecified atom stereocenters. The molecular weight excluding hydrogens is 559 g/mol. The van der Waals surface area contributed by atoms with Crippen molar-refractivity contribution in [1.82, 2.24) is 24.5 Å². The molecule has 0 bridgehead atoms. The van der Waals surface area contributed by atoms with Crippen molar-refractivity contribution in [3.8, 4) is 17.0 Å². The monoisotopic (exact) mass is 586 g/mol. The van der Waals surface area contributed by atoms with Crippen molar-refractivity contribution in [1.29, 1.82) is 0 Å². The second-order valence-electron chi connectivity index (χ2n) is 10.7. The van der Waals surface area contributed by atoms with E-state index >= 15 is 0 Å². The van der Waals surface area contributed by atoms with Gasteiger partial charge in [0.1, 0.15) is 23.4 Å². The van der Waals surface area contributed by atoms with Crippen molar-refractivity contribution >= 4 is 49.9 Å². The molecule has 1 N–H and O–H groups in total. The van der Waals surface area contributed by atoms with Gasteiger partial charge in [-0.2, -0.15) is 5.10 Å². The number of anilines is 1. The van der Waals surface area contributed by atoms with Crippen LogP contribution in [0, 0.1) is 19.3 Å². The zero-order valence-electron chi connectivity index (χ0n) is 22.0. The predicted octanol–water partition coefficient (Wildman–Crippen LogP) is 5.17. The number of pyridine rings is 2. The number of nitrogens with one attached hydrogen (secondary N) is 1. The highest BCUT2D eigenvalue weighted by molar-refractivity contribution is 7.88. The van der Waals surface area contributed by atoms with Gasteiger partial charge in [0, 0.05) is 60.5 Å². The van der Waals surface area contributed by atoms with Gasteiger partial charge in [0.25, 0.3) is 0 Å². The Morgan fingerprint density at radius 2 is 1.82 bits per heavy atom. The fourth-order valence-corrected chi connectivity index (χ4v) is 7.25. The minimum Gasteiger partial charge on any atom is -0.486 e. The Kier molecular flexibility index (Phi) is 6.29. The summed E-state index contributed by atoms with van der Waals surface area (Å²) in [5.41, 5.74) is 5.04. The molecule has 6 rings (SSSR count). The Balaban J connectivity index is 1.21. The fraction of sp³-hybridized carbons (Fsp3) is 0.370. The Labute approximate surface area is 237 Å². The van der Waals surface area contributed by atoms with Crippen molar-refractivity contribution in [3.63, 3.8) is 0 Å². The molecule has 2 aliphatic heterocycles. The first-order chi connectivity index (χ1) is 18.4. The summed E-state index contributed by atoms with van der Waals surface area (Å²) in [5, 5.41) is 9.53. The Bertz CT molecular complexity index is 1710. The molecule has 2 fully saturated rings. The standard InChI is InChI=1S/C27H28Cl2N6O3S/c1-15-7-18(9-31-26(15)34-11-27(12-34)13-35(14-27)39(4,36)37)25-20-8-19(5-6-22(20)32-33-25)38-17(3)23-21(28)10-30-16(2)24(23)29/h5-10,17H,11-14H2,1-4H3,(H,32,33)/t17-/m1/s1. The fourth-order valence-electron chi connectivity index (χ4n) is 5.58. The van der Waals surface area contributed by atoms with E-state index in [0.29, 0.717) is 40.1 Å². The molecule has 0 aliphatic carbocycles. The van der Waals surface area contributed by atoms with Crippen molar-refractivity contribution < 1.29 is 13.2 Å². The number of hydrogen-bond donors (Lipinski definition) is 1. The highest BCUT2D eigenvalue weighted by Gasteiger charge is 2.54. The molecule has 9 nitrogen and oxygen atoms in total. The number of aromatic nitrogens is 4. The number of halogens is 2. The first kappa shape index (κ1) is 26.3. The zero-order chi connectivity index (χ0) is 27.7. The number of aryl methyl sites for hydroxylation is 2. The first-order valence-corrected chi connectivity index (χ1v) is 15.2. The number of rotatable bonds is 6. The van der Waals surface area contributed by atoms with E-state index in [4.69, 9.17) is 32.9 Å². The van der Waals surface area contributed by atoms with Gasteiger partial charge in [0.15, 0.2) is 0 Å². The average Bonchev–Trinajstić information content (AvgIpc) is 3.23. The van der Waals surface area contributed by atoms with Crippen LogP contribution in [0.2, 0.25) is 10.0 Å². The summed E-state index contributed by atoms with van der Waals surface area (Å²) in [4.78, 5) is 11.2. The van der Waals surface area contributed by atoms with Crippen molar-refractivity contribution in [2.24, 2.45) is 5.41 Å². The number of sulfonamides is 1. The molecule has 1 aromatic carbocycles. The third-order valence-corrected chi connectivity index (χ3v) is 9.58. The van der Waals surface area contributed by atoms with Crippen LogP contribution in [0.1, 0.15) is 29.8 Å². The zero-order valence-corrected chi connectivity index (χ0v) is 24.3. The van der Waals surface area contributed by atoms with Gasteiger partial charge in [-0.15, -0.1) is 0 Å². The molecule has 39 heavy (non-hydrogen) atoms. The lowest BCUT2D eigenvalue weighted by molar-refractivity contribution is 0.0394. The largest absolute Gasteiger partial charge is 0.486 e. The Hall–Kier alpha value is -2.92. The van der Waals surface area contributed by atoms with Gasteiger partial charge >= 0.3 is 0 Å². The average molecular weight is 588 g/mol. The molecule has 2 saturated heterocycles. The molecule has 4 aromatic rings. The minimum absolute atomic E-state index is 0.0468. The maximum atomic E-state index is 11.7. The number of fused-ring (bicyclic) bond motifs is 1. The predicted molar refractivity (Wildman–Crippen MR) is 153 cm³/mol. The summed E-state index contributed by atoms with van der Waals surface area (Å²) in [6.45, 7) is 8.56. The van der Waals surface area contributed by atoms with E-state index in [2.05, 4.69) is 26.1 Å². The molecule has 5 heterocycles. The van der Waals surface area contributed by atoms with Crippen LogP contribution in [0.25, 0.3) is 22.2 Å². The van der Waals surface area contributed by atoms with E-state index in [9.17, 15) is 8.42 Å². The van der Waals surface area contributed by atoms with Gasteiger partial charge in [0.05, 0.1) is 27.5 Å². The van der Waals surface area contributed by atoms with Gasteiger partial charge in [-0.05, 0) is 50.6 Å². The molecular formula is C27H28Cl2N6O3S. The minimum atomic E-state index is -3.12. The number of benzene rings is 1. The maximum Gasteiger partial charge on any atom is 0.211 e. The number of nitrogens with zero attached hydrogens (tertiary/aromatic N) is 5. The molecule has 2 aliphatic rings. The second kappa shape index (κ2) is 9.33. The highest BCUT2D eigenvalue weighted by Crippen LogP contribution is 2.43. The smallest absolute Gasteiger partial charge is 0.211 e. The van der Waals surface area contributed by atoms with Crippen LogP contribution in [0.5, 0.6) is 5.75 Å². The van der Waals surface area contributed by atoms with Crippen molar-refractivity contribution in [3.05, 3.63) is 63.5 Å². The topological polar surface area (TPSA) is 104 Å². The van der Waals surface area contributed by atoms with Crippen molar-refractivity contribution in [2.45, 2.75) is 26.9 Å². The maximum absolute atomic E-state index is 11.7. The molecule has 1 atom stereocenters. The normalized spacial score (nSPS) is 17.7. The second-order valence-corrected chi connectivity index (χ2v) is 13.5. The molecule has 0 radical (unpaired) electrons. The van der Waals surface area contributed by atoms with E-state index in [0.717, 1.165) is 46.6 Å². The van der Waals surface area contributed by atoms with Gasteiger partial charge in [-0.25, -0.2) is 17.7 Å². The number of aromatic amines is 1. The van der Waals surface area contributed by atoms with Crippen LogP contribution in [-0.4, -0.2) is 65.3 Å². The van der Waals surface area contributed by atoms with E-state index in [-0.39, 0.29) is 11.5 Å². The van der Waals surface area contributed by atoms with Crippen molar-refractivity contribution in [2.75, 3.05) is 37.3 Å². The number of hydrogen-bond acceptors (Lipinski definition) is 7. The molecule has 1 spiro atoms. The Morgan fingerprint density at radius 1 is 1.08 bits per heavy atom. The summed E-state index contributed by atoms with van der Waals surface area (Å²) in [6, 6.07) is 7.85. The summed E-state index contributed by atoms with van der Waals surface area (Å²) in [6.07, 6.45) is 4.30. The molecule has 12 heteroatoms.